The maximum atomic E-state index is 13.6. The molecule has 2 aromatic carbocycles. The summed E-state index contributed by atoms with van der Waals surface area (Å²) in [6.45, 7) is 0.303. The Labute approximate surface area is 220 Å². The van der Waals surface area contributed by atoms with Crippen molar-refractivity contribution >= 4 is 21.8 Å². The van der Waals surface area contributed by atoms with Gasteiger partial charge in [0.2, 0.25) is 21.8 Å². The Bertz CT molecular complexity index is 1350. The van der Waals surface area contributed by atoms with Crippen LogP contribution in [-0.2, 0) is 31.9 Å². The van der Waals surface area contributed by atoms with Gasteiger partial charge in [0.05, 0.1) is 5.75 Å². The second kappa shape index (κ2) is 12.2. The number of carbonyl (C=O) groups excluding carboxylic acids is 2. The lowest BCUT2D eigenvalue weighted by Crippen LogP contribution is -2.54. The van der Waals surface area contributed by atoms with E-state index < -0.39 is 45.6 Å². The van der Waals surface area contributed by atoms with Gasteiger partial charge in [-0.2, -0.15) is 4.31 Å². The highest BCUT2D eigenvalue weighted by Gasteiger charge is 2.38. The molecule has 1 fully saturated rings. The molecule has 2 unspecified atom stereocenters. The lowest BCUT2D eigenvalue weighted by Gasteiger charge is -2.34. The number of carbonyl (C=O) groups is 2. The third kappa shape index (κ3) is 6.99. The maximum absolute atomic E-state index is 13.6. The van der Waals surface area contributed by atoms with Gasteiger partial charge in [-0.05, 0) is 59.9 Å². The lowest BCUT2D eigenvalue weighted by atomic mass is 10.0. The number of sulfonamides is 1. The van der Waals surface area contributed by atoms with E-state index in [2.05, 4.69) is 15.6 Å². The van der Waals surface area contributed by atoms with Crippen molar-refractivity contribution in [3.05, 3.63) is 101 Å². The van der Waals surface area contributed by atoms with Gasteiger partial charge >= 0.3 is 0 Å². The first-order valence-corrected chi connectivity index (χ1v) is 13.8. The summed E-state index contributed by atoms with van der Waals surface area (Å²) in [5.41, 5.74) is 1.49. The fraction of sp³-hybridized carbons (Fsp3) is 0.296. The van der Waals surface area contributed by atoms with Crippen molar-refractivity contribution in [2.75, 3.05) is 6.54 Å². The Morgan fingerprint density at radius 1 is 0.974 bits per heavy atom. The first-order chi connectivity index (χ1) is 18.2. The molecule has 2 N–H and O–H groups in total. The Balaban J connectivity index is 1.53. The predicted molar refractivity (Wildman–Crippen MR) is 137 cm³/mol. The van der Waals surface area contributed by atoms with E-state index in [1.165, 1.54) is 48.5 Å². The number of halogens is 2. The number of benzene rings is 2. The fourth-order valence-corrected chi connectivity index (χ4v) is 6.14. The summed E-state index contributed by atoms with van der Waals surface area (Å²) >= 11 is 0. The van der Waals surface area contributed by atoms with Crippen molar-refractivity contribution in [1.82, 2.24) is 19.9 Å². The van der Waals surface area contributed by atoms with Crippen LogP contribution in [0, 0.1) is 11.6 Å². The summed E-state index contributed by atoms with van der Waals surface area (Å²) in [6, 6.07) is 11.6. The summed E-state index contributed by atoms with van der Waals surface area (Å²) in [7, 11) is -3.92. The minimum Gasteiger partial charge on any atom is -0.350 e. The third-order valence-corrected chi connectivity index (χ3v) is 8.17. The van der Waals surface area contributed by atoms with Crippen LogP contribution >= 0.6 is 0 Å². The summed E-state index contributed by atoms with van der Waals surface area (Å²) < 4.78 is 54.5. The normalized spacial score (nSPS) is 16.9. The molecule has 1 aliphatic rings. The van der Waals surface area contributed by atoms with Gasteiger partial charge in [0.1, 0.15) is 23.7 Å². The smallest absolute Gasteiger partial charge is 0.247 e. The van der Waals surface area contributed by atoms with Crippen molar-refractivity contribution in [2.45, 2.75) is 43.6 Å². The van der Waals surface area contributed by atoms with Crippen LogP contribution in [-0.4, -0.2) is 42.1 Å². The lowest BCUT2D eigenvalue weighted by molar-refractivity contribution is -0.131. The molecule has 38 heavy (non-hydrogen) atoms. The highest BCUT2D eigenvalue weighted by atomic mass is 32.2. The largest absolute Gasteiger partial charge is 0.350 e. The molecule has 0 bridgehead atoms. The molecule has 3 aromatic rings. The minimum atomic E-state index is -3.92. The van der Waals surface area contributed by atoms with Crippen LogP contribution in [0.2, 0.25) is 0 Å². The molecule has 11 heteroatoms. The minimum absolute atomic E-state index is 0.149. The summed E-state index contributed by atoms with van der Waals surface area (Å²) in [5, 5.41) is 5.44. The number of nitrogens with one attached hydrogen (secondary N) is 2. The Kier molecular flexibility index (Phi) is 8.80. The monoisotopic (exact) mass is 542 g/mol. The van der Waals surface area contributed by atoms with E-state index in [1.807, 2.05) is 0 Å². The van der Waals surface area contributed by atoms with Crippen molar-refractivity contribution in [3.63, 3.8) is 0 Å². The van der Waals surface area contributed by atoms with E-state index in [-0.39, 0.29) is 25.3 Å². The van der Waals surface area contributed by atoms with Gasteiger partial charge in [-0.25, -0.2) is 17.2 Å². The van der Waals surface area contributed by atoms with Crippen molar-refractivity contribution in [1.29, 1.82) is 0 Å². The highest BCUT2D eigenvalue weighted by Crippen LogP contribution is 2.25. The van der Waals surface area contributed by atoms with Gasteiger partial charge in [-0.1, -0.05) is 36.8 Å². The van der Waals surface area contributed by atoms with E-state index in [0.717, 1.165) is 9.87 Å². The quantitative estimate of drug-likeness (QED) is 0.432. The molecule has 8 nitrogen and oxygen atoms in total. The maximum Gasteiger partial charge on any atom is 0.247 e. The molecule has 0 spiro atoms. The molecule has 1 aromatic heterocycles. The van der Waals surface area contributed by atoms with E-state index in [0.29, 0.717) is 24.0 Å². The summed E-state index contributed by atoms with van der Waals surface area (Å²) in [6.07, 6.45) is 4.70. The van der Waals surface area contributed by atoms with Crippen LogP contribution < -0.4 is 10.6 Å². The number of amides is 2. The Hall–Kier alpha value is -3.70. The van der Waals surface area contributed by atoms with Crippen LogP contribution in [0.25, 0.3) is 0 Å². The molecular formula is C27H28F2N4O4S. The topological polar surface area (TPSA) is 108 Å². The van der Waals surface area contributed by atoms with Gasteiger partial charge < -0.3 is 10.6 Å². The van der Waals surface area contributed by atoms with Gasteiger partial charge in [-0.15, -0.1) is 0 Å². The third-order valence-electron chi connectivity index (χ3n) is 6.32. The Morgan fingerprint density at radius 3 is 2.32 bits per heavy atom. The van der Waals surface area contributed by atoms with Crippen molar-refractivity contribution in [3.8, 4) is 0 Å². The van der Waals surface area contributed by atoms with E-state index in [1.54, 1.807) is 24.5 Å². The van der Waals surface area contributed by atoms with Crippen molar-refractivity contribution in [2.24, 2.45) is 0 Å². The highest BCUT2D eigenvalue weighted by molar-refractivity contribution is 7.88. The van der Waals surface area contributed by atoms with Crippen LogP contribution in [0.5, 0.6) is 0 Å². The van der Waals surface area contributed by atoms with E-state index >= 15 is 0 Å². The molecule has 4 rings (SSSR count). The zero-order chi connectivity index (χ0) is 27.1. The van der Waals surface area contributed by atoms with Crippen LogP contribution in [0.1, 0.15) is 42.0 Å². The number of nitrogens with zero attached hydrogens (tertiary/aromatic N) is 2. The molecule has 1 aliphatic heterocycles. The number of hydrogen-bond donors (Lipinski definition) is 2. The molecule has 1 saturated heterocycles. The molecule has 0 aliphatic carbocycles. The molecule has 200 valence electrons. The zero-order valence-electron chi connectivity index (χ0n) is 20.5. The second-order valence-electron chi connectivity index (χ2n) is 9.08. The van der Waals surface area contributed by atoms with Crippen LogP contribution in [0.15, 0.2) is 73.1 Å². The number of rotatable bonds is 9. The zero-order valence-corrected chi connectivity index (χ0v) is 21.3. The van der Waals surface area contributed by atoms with Gasteiger partial charge in [0, 0.05) is 25.5 Å². The fourth-order valence-electron chi connectivity index (χ4n) is 4.36. The van der Waals surface area contributed by atoms with Gasteiger partial charge in [0.25, 0.3) is 0 Å². The first kappa shape index (κ1) is 27.3. The van der Waals surface area contributed by atoms with Gasteiger partial charge in [-0.3, -0.25) is 14.6 Å². The van der Waals surface area contributed by atoms with Gasteiger partial charge in [0.15, 0.2) is 0 Å². The van der Waals surface area contributed by atoms with E-state index in [4.69, 9.17) is 0 Å². The number of piperidine rings is 1. The average Bonchev–Trinajstić information content (AvgIpc) is 2.92. The molecule has 0 radical (unpaired) electrons. The molecule has 0 saturated carbocycles. The predicted octanol–water partition coefficient (Wildman–Crippen LogP) is 3.22. The van der Waals surface area contributed by atoms with Crippen LogP contribution in [0.4, 0.5) is 8.78 Å². The molecular weight excluding hydrogens is 514 g/mol. The van der Waals surface area contributed by atoms with Crippen LogP contribution in [0.3, 0.4) is 0 Å². The number of aromatic nitrogens is 1. The average molecular weight is 543 g/mol. The summed E-state index contributed by atoms with van der Waals surface area (Å²) in [4.78, 5) is 30.6. The summed E-state index contributed by atoms with van der Waals surface area (Å²) in [5.74, 6) is -2.53. The standard InChI is InChI=1S/C27H28F2N4O4S/c28-22-10-6-19(7-11-22)18-38(36,37)33-15-2-1-5-24(33)26(34)32-25(21-8-12-23(29)13-9-21)27(35)31-17-20-4-3-14-30-16-20/h3-4,6-14,16,24-25H,1-2,5,15,17-18H2,(H,31,35)(H,32,34). The first-order valence-electron chi connectivity index (χ1n) is 12.2. The second-order valence-corrected chi connectivity index (χ2v) is 11.0. The Morgan fingerprint density at radius 2 is 1.66 bits per heavy atom. The molecule has 2 atom stereocenters. The number of hydrogen-bond acceptors (Lipinski definition) is 5. The van der Waals surface area contributed by atoms with Crippen molar-refractivity contribution < 1.29 is 26.8 Å². The number of pyridine rings is 1. The van der Waals surface area contributed by atoms with E-state index in [9.17, 15) is 26.8 Å². The molecule has 2 heterocycles. The molecule has 2 amide bonds. The SMILES string of the molecule is O=C(NCc1cccnc1)C(NC(=O)C1CCCCN1S(=O)(=O)Cc1ccc(F)cc1)c1ccc(F)cc1.